The summed E-state index contributed by atoms with van der Waals surface area (Å²) in [6.45, 7) is 4.03. The second-order valence-electron chi connectivity index (χ2n) is 6.20. The maximum absolute atomic E-state index is 9.74. The average Bonchev–Trinajstić information content (AvgIpc) is 3.20. The molecule has 1 saturated heterocycles. The average molecular weight is 315 g/mol. The minimum Gasteiger partial charge on any atom is -0.395 e. The third-order valence-electron chi connectivity index (χ3n) is 4.64. The highest BCUT2D eigenvalue weighted by Crippen LogP contribution is 2.36. The first kappa shape index (κ1) is 16.1. The molecule has 1 aromatic heterocycles. The van der Waals surface area contributed by atoms with Gasteiger partial charge in [0.25, 0.3) is 0 Å². The highest BCUT2D eigenvalue weighted by atomic mass is 16.3. The van der Waals surface area contributed by atoms with Crippen molar-refractivity contribution < 1.29 is 5.11 Å². The Balaban J connectivity index is 1.81. The molecule has 1 aromatic carbocycles. The van der Waals surface area contributed by atoms with E-state index in [1.165, 1.54) is 5.56 Å². The Morgan fingerprint density at radius 1 is 1.22 bits per heavy atom. The number of aliphatic hydroxyl groups excluding tert-OH is 1. The topological polar surface area (TPSA) is 67.1 Å². The monoisotopic (exact) mass is 315 g/mol. The molecule has 6 heteroatoms. The summed E-state index contributed by atoms with van der Waals surface area (Å²) >= 11 is 0. The molecule has 6 nitrogen and oxygen atoms in total. The van der Waals surface area contributed by atoms with E-state index >= 15 is 0 Å². The van der Waals surface area contributed by atoms with E-state index in [4.69, 9.17) is 0 Å². The molecule has 124 valence electrons. The maximum Gasteiger partial charge on any atom is 0.168 e. The number of aliphatic hydroxyl groups is 1. The fourth-order valence-electron chi connectivity index (χ4n) is 3.36. The zero-order valence-corrected chi connectivity index (χ0v) is 13.7. The van der Waals surface area contributed by atoms with Crippen LogP contribution in [0.2, 0.25) is 0 Å². The van der Waals surface area contributed by atoms with E-state index in [0.717, 1.165) is 44.6 Å². The first-order valence-corrected chi connectivity index (χ1v) is 8.50. The summed E-state index contributed by atoms with van der Waals surface area (Å²) in [6.07, 6.45) is 4.17. The van der Waals surface area contributed by atoms with Crippen molar-refractivity contribution in [3.05, 3.63) is 41.7 Å². The number of nitrogens with zero attached hydrogens (tertiary/aromatic N) is 5. The van der Waals surface area contributed by atoms with E-state index in [1.807, 2.05) is 10.7 Å². The molecule has 0 saturated carbocycles. The van der Waals surface area contributed by atoms with Gasteiger partial charge in [-0.05, 0) is 35.3 Å². The Morgan fingerprint density at radius 3 is 2.78 bits per heavy atom. The van der Waals surface area contributed by atoms with Crippen LogP contribution in [0, 0.1) is 0 Å². The van der Waals surface area contributed by atoms with Gasteiger partial charge >= 0.3 is 0 Å². The van der Waals surface area contributed by atoms with Gasteiger partial charge in [-0.15, -0.1) is 5.10 Å². The minimum atomic E-state index is 0.177. The molecule has 1 aliphatic heterocycles. The van der Waals surface area contributed by atoms with Gasteiger partial charge in [-0.3, -0.25) is 4.90 Å². The highest BCUT2D eigenvalue weighted by Gasteiger charge is 2.36. The smallest absolute Gasteiger partial charge is 0.168 e. The molecule has 1 aliphatic rings. The lowest BCUT2D eigenvalue weighted by atomic mass is 10.1. The van der Waals surface area contributed by atoms with Crippen molar-refractivity contribution in [2.75, 3.05) is 6.61 Å². The lowest BCUT2D eigenvalue weighted by molar-refractivity contribution is 0.117. The lowest BCUT2D eigenvalue weighted by Gasteiger charge is -2.28. The Morgan fingerprint density at radius 2 is 2.04 bits per heavy atom. The molecular weight excluding hydrogens is 290 g/mol. The standard InChI is InChI=1S/C17H25N5O/c1-2-3-11-22-17(18-19-20-22)16-10-9-15(13-23)21(16)12-14-7-5-4-6-8-14/h4-8,15-16,23H,2-3,9-13H2,1H3/t15-,16+/m0/s1. The van der Waals surface area contributed by atoms with Crippen molar-refractivity contribution in [3.8, 4) is 0 Å². The van der Waals surface area contributed by atoms with Gasteiger partial charge in [-0.2, -0.15) is 0 Å². The fraction of sp³-hybridized carbons (Fsp3) is 0.588. The summed E-state index contributed by atoms with van der Waals surface area (Å²) in [5, 5.41) is 22.1. The van der Waals surface area contributed by atoms with Crippen LogP contribution in [0.15, 0.2) is 30.3 Å². The van der Waals surface area contributed by atoms with E-state index < -0.39 is 0 Å². The van der Waals surface area contributed by atoms with Crippen LogP contribution in [0.3, 0.4) is 0 Å². The SMILES string of the molecule is CCCCn1nnnc1[C@H]1CC[C@@H](CO)N1Cc1ccccc1. The largest absolute Gasteiger partial charge is 0.395 e. The van der Waals surface area contributed by atoms with Crippen LogP contribution in [0.5, 0.6) is 0 Å². The first-order valence-electron chi connectivity index (χ1n) is 8.50. The van der Waals surface area contributed by atoms with Gasteiger partial charge in [0.05, 0.1) is 12.6 Å². The summed E-state index contributed by atoms with van der Waals surface area (Å²) in [6, 6.07) is 10.8. The van der Waals surface area contributed by atoms with Crippen LogP contribution in [0.25, 0.3) is 0 Å². The van der Waals surface area contributed by atoms with Gasteiger partial charge in [0.15, 0.2) is 5.82 Å². The molecule has 1 fully saturated rings. The second kappa shape index (κ2) is 7.66. The number of rotatable bonds is 7. The molecule has 0 amide bonds. The summed E-state index contributed by atoms with van der Waals surface area (Å²) in [5.41, 5.74) is 1.26. The fourth-order valence-corrected chi connectivity index (χ4v) is 3.36. The molecule has 23 heavy (non-hydrogen) atoms. The van der Waals surface area contributed by atoms with E-state index in [0.29, 0.717) is 0 Å². The van der Waals surface area contributed by atoms with Crippen LogP contribution >= 0.6 is 0 Å². The van der Waals surface area contributed by atoms with Gasteiger partial charge in [0.2, 0.25) is 0 Å². The molecule has 0 unspecified atom stereocenters. The Kier molecular flexibility index (Phi) is 5.35. The van der Waals surface area contributed by atoms with E-state index in [-0.39, 0.29) is 18.7 Å². The normalized spacial score (nSPS) is 21.8. The van der Waals surface area contributed by atoms with Crippen molar-refractivity contribution >= 4 is 0 Å². The van der Waals surface area contributed by atoms with Crippen molar-refractivity contribution in [1.29, 1.82) is 0 Å². The van der Waals surface area contributed by atoms with Gasteiger partial charge in [0, 0.05) is 19.1 Å². The number of unbranched alkanes of at least 4 members (excludes halogenated alkanes) is 1. The predicted octanol–water partition coefficient (Wildman–Crippen LogP) is 2.17. The van der Waals surface area contributed by atoms with Crippen molar-refractivity contribution in [2.45, 2.75) is 57.8 Å². The van der Waals surface area contributed by atoms with Gasteiger partial charge in [0.1, 0.15) is 0 Å². The number of aromatic nitrogens is 4. The number of aryl methyl sites for hydroxylation is 1. The maximum atomic E-state index is 9.74. The zero-order chi connectivity index (χ0) is 16.1. The Bertz CT molecular complexity index is 600. The van der Waals surface area contributed by atoms with Crippen LogP contribution in [-0.2, 0) is 13.1 Å². The molecular formula is C17H25N5O. The number of likely N-dealkylation sites (tertiary alicyclic amines) is 1. The third-order valence-corrected chi connectivity index (χ3v) is 4.64. The molecule has 0 spiro atoms. The molecule has 2 heterocycles. The quantitative estimate of drug-likeness (QED) is 0.848. The Labute approximate surface area is 137 Å². The van der Waals surface area contributed by atoms with Crippen molar-refractivity contribution in [2.24, 2.45) is 0 Å². The third kappa shape index (κ3) is 3.59. The summed E-state index contributed by atoms with van der Waals surface area (Å²) in [5.74, 6) is 0.935. The number of hydrogen-bond donors (Lipinski definition) is 1. The van der Waals surface area contributed by atoms with Crippen LogP contribution in [-0.4, -0.2) is 42.9 Å². The predicted molar refractivity (Wildman–Crippen MR) is 87.6 cm³/mol. The molecule has 0 radical (unpaired) electrons. The molecule has 3 rings (SSSR count). The molecule has 1 N–H and O–H groups in total. The van der Waals surface area contributed by atoms with E-state index in [9.17, 15) is 5.11 Å². The summed E-state index contributed by atoms with van der Waals surface area (Å²) in [7, 11) is 0. The van der Waals surface area contributed by atoms with Crippen LogP contribution in [0.1, 0.15) is 50.0 Å². The van der Waals surface area contributed by atoms with E-state index in [2.05, 4.69) is 51.6 Å². The summed E-state index contributed by atoms with van der Waals surface area (Å²) in [4.78, 5) is 2.35. The molecule has 0 bridgehead atoms. The van der Waals surface area contributed by atoms with E-state index in [1.54, 1.807) is 0 Å². The van der Waals surface area contributed by atoms with Gasteiger partial charge in [-0.25, -0.2) is 4.68 Å². The number of tetrazole rings is 1. The van der Waals surface area contributed by atoms with Crippen LogP contribution < -0.4 is 0 Å². The number of benzene rings is 1. The minimum absolute atomic E-state index is 0.177. The number of hydrogen-bond acceptors (Lipinski definition) is 5. The van der Waals surface area contributed by atoms with Crippen LogP contribution in [0.4, 0.5) is 0 Å². The van der Waals surface area contributed by atoms with Crippen molar-refractivity contribution in [1.82, 2.24) is 25.1 Å². The highest BCUT2D eigenvalue weighted by molar-refractivity contribution is 5.16. The first-order chi connectivity index (χ1) is 11.3. The van der Waals surface area contributed by atoms with Crippen molar-refractivity contribution in [3.63, 3.8) is 0 Å². The Hall–Kier alpha value is -1.79. The summed E-state index contributed by atoms with van der Waals surface area (Å²) < 4.78 is 1.94. The zero-order valence-electron chi connectivity index (χ0n) is 13.7. The van der Waals surface area contributed by atoms with Gasteiger partial charge < -0.3 is 5.11 Å². The molecule has 0 aliphatic carbocycles. The lowest BCUT2D eigenvalue weighted by Crippen LogP contribution is -2.34. The second-order valence-corrected chi connectivity index (χ2v) is 6.20. The molecule has 2 aromatic rings. The molecule has 2 atom stereocenters. The van der Waals surface area contributed by atoms with Gasteiger partial charge in [-0.1, -0.05) is 43.7 Å².